The average Bonchev–Trinajstić information content (AvgIpc) is 2.73. The summed E-state index contributed by atoms with van der Waals surface area (Å²) < 4.78 is 0. The lowest BCUT2D eigenvalue weighted by Gasteiger charge is -2.19. The molecule has 3 rings (SSSR count). The van der Waals surface area contributed by atoms with Gasteiger partial charge in [-0.3, -0.25) is 4.79 Å². The molecule has 0 unspecified atom stereocenters. The van der Waals surface area contributed by atoms with Gasteiger partial charge in [-0.15, -0.1) is 0 Å². The average molecular weight is 268 g/mol. The molecular formula is C15H16N4O. The van der Waals surface area contributed by atoms with Crippen molar-refractivity contribution < 1.29 is 4.79 Å². The maximum atomic E-state index is 11.9. The maximum absolute atomic E-state index is 11.9. The van der Waals surface area contributed by atoms with Crippen LogP contribution in [0.4, 0.5) is 5.95 Å². The number of hydrogen-bond donors (Lipinski definition) is 1. The van der Waals surface area contributed by atoms with E-state index in [2.05, 4.69) is 15.4 Å². The molecule has 0 bridgehead atoms. The Bertz CT molecular complexity index is 622. The summed E-state index contributed by atoms with van der Waals surface area (Å²) in [5.74, 6) is 0.378. The van der Waals surface area contributed by atoms with E-state index in [1.54, 1.807) is 12.4 Å². The number of amides is 1. The van der Waals surface area contributed by atoms with Crippen LogP contribution in [0.5, 0.6) is 0 Å². The van der Waals surface area contributed by atoms with Gasteiger partial charge in [0.05, 0.1) is 0 Å². The van der Waals surface area contributed by atoms with Gasteiger partial charge < -0.3 is 0 Å². The fourth-order valence-corrected chi connectivity index (χ4v) is 2.24. The summed E-state index contributed by atoms with van der Waals surface area (Å²) in [6.07, 6.45) is 3.91. The monoisotopic (exact) mass is 268 g/mol. The lowest BCUT2D eigenvalue weighted by Crippen LogP contribution is -2.43. The van der Waals surface area contributed by atoms with E-state index >= 15 is 0 Å². The molecule has 5 heteroatoms. The predicted molar refractivity (Wildman–Crippen MR) is 76.8 cm³/mol. The van der Waals surface area contributed by atoms with Gasteiger partial charge in [-0.1, -0.05) is 30.3 Å². The summed E-state index contributed by atoms with van der Waals surface area (Å²) in [6, 6.07) is 9.91. The van der Waals surface area contributed by atoms with E-state index in [9.17, 15) is 4.79 Å². The Morgan fingerprint density at radius 3 is 2.30 bits per heavy atom. The van der Waals surface area contributed by atoms with E-state index in [0.29, 0.717) is 12.4 Å². The van der Waals surface area contributed by atoms with Crippen LogP contribution in [-0.4, -0.2) is 21.4 Å². The van der Waals surface area contributed by atoms with Gasteiger partial charge in [-0.05, 0) is 19.4 Å². The van der Waals surface area contributed by atoms with Gasteiger partial charge in [0, 0.05) is 29.9 Å². The summed E-state index contributed by atoms with van der Waals surface area (Å²) in [5, 5.41) is 1.43. The summed E-state index contributed by atoms with van der Waals surface area (Å²) >= 11 is 0. The Hall–Kier alpha value is -2.27. The molecule has 1 aromatic carbocycles. The van der Waals surface area contributed by atoms with Crippen molar-refractivity contribution in [3.8, 4) is 11.1 Å². The molecule has 0 atom stereocenters. The number of nitrogens with one attached hydrogen (secondary N) is 1. The van der Waals surface area contributed by atoms with Crippen LogP contribution in [-0.2, 0) is 4.79 Å². The van der Waals surface area contributed by atoms with Gasteiger partial charge >= 0.3 is 0 Å². The zero-order chi connectivity index (χ0) is 14.2. The topological polar surface area (TPSA) is 58.1 Å². The molecule has 102 valence electrons. The fraction of sp³-hybridized carbons (Fsp3) is 0.267. The van der Waals surface area contributed by atoms with Crippen LogP contribution >= 0.6 is 0 Å². The van der Waals surface area contributed by atoms with E-state index in [-0.39, 0.29) is 11.4 Å². The van der Waals surface area contributed by atoms with Crippen molar-refractivity contribution in [2.75, 3.05) is 5.01 Å². The molecule has 2 heterocycles. The molecule has 20 heavy (non-hydrogen) atoms. The van der Waals surface area contributed by atoms with Crippen molar-refractivity contribution in [1.82, 2.24) is 15.4 Å². The van der Waals surface area contributed by atoms with Crippen LogP contribution in [0.25, 0.3) is 11.1 Å². The highest BCUT2D eigenvalue weighted by Crippen LogP contribution is 2.23. The number of benzene rings is 1. The molecular weight excluding hydrogens is 252 g/mol. The highest BCUT2D eigenvalue weighted by Gasteiger charge is 2.37. The first-order valence-electron chi connectivity index (χ1n) is 6.53. The molecule has 1 fully saturated rings. The number of rotatable bonds is 2. The van der Waals surface area contributed by atoms with Crippen LogP contribution in [0.1, 0.15) is 20.3 Å². The molecule has 2 aromatic rings. The highest BCUT2D eigenvalue weighted by molar-refractivity contribution is 5.93. The van der Waals surface area contributed by atoms with Crippen LogP contribution in [0.15, 0.2) is 42.7 Å². The van der Waals surface area contributed by atoms with Crippen molar-refractivity contribution in [3.05, 3.63) is 42.7 Å². The minimum atomic E-state index is -0.251. The third-order valence-electron chi connectivity index (χ3n) is 3.20. The van der Waals surface area contributed by atoms with Crippen molar-refractivity contribution in [2.45, 2.75) is 25.8 Å². The first-order valence-corrected chi connectivity index (χ1v) is 6.53. The SMILES string of the molecule is CC1(C)CC(=O)N(c2ncc(-c3ccccc3)cn2)N1. The number of aromatic nitrogens is 2. The third-order valence-corrected chi connectivity index (χ3v) is 3.20. The Balaban J connectivity index is 1.86. The molecule has 1 saturated heterocycles. The zero-order valence-corrected chi connectivity index (χ0v) is 11.5. The van der Waals surface area contributed by atoms with Crippen LogP contribution in [0, 0.1) is 0 Å². The Kier molecular flexibility index (Phi) is 2.99. The number of carbonyl (C=O) groups excluding carboxylic acids is 1. The Morgan fingerprint density at radius 1 is 1.10 bits per heavy atom. The van der Waals surface area contributed by atoms with Gasteiger partial charge in [-0.25, -0.2) is 20.4 Å². The second kappa shape index (κ2) is 4.68. The minimum absolute atomic E-state index is 0.0116. The standard InChI is InChI=1S/C15H16N4O/c1-15(2)8-13(20)19(18-15)14-16-9-12(10-17-14)11-6-4-3-5-7-11/h3-7,9-10,18H,8H2,1-2H3. The van der Waals surface area contributed by atoms with Crippen LogP contribution in [0.3, 0.4) is 0 Å². The maximum Gasteiger partial charge on any atom is 0.247 e. The number of carbonyl (C=O) groups is 1. The first-order chi connectivity index (χ1) is 9.55. The lowest BCUT2D eigenvalue weighted by molar-refractivity contribution is -0.117. The molecule has 1 aromatic heterocycles. The first kappa shape index (κ1) is 12.7. The molecule has 1 amide bonds. The molecule has 0 spiro atoms. The number of nitrogens with zero attached hydrogens (tertiary/aromatic N) is 3. The van der Waals surface area contributed by atoms with Crippen molar-refractivity contribution >= 4 is 11.9 Å². The van der Waals surface area contributed by atoms with Crippen molar-refractivity contribution in [3.63, 3.8) is 0 Å². The van der Waals surface area contributed by atoms with Gasteiger partial charge in [0.1, 0.15) is 0 Å². The quantitative estimate of drug-likeness (QED) is 0.906. The molecule has 0 aliphatic carbocycles. The number of hydrazine groups is 1. The number of anilines is 1. The fourth-order valence-electron chi connectivity index (χ4n) is 2.24. The number of hydrogen-bond acceptors (Lipinski definition) is 4. The Morgan fingerprint density at radius 2 is 1.75 bits per heavy atom. The normalized spacial score (nSPS) is 17.5. The molecule has 5 nitrogen and oxygen atoms in total. The largest absolute Gasteiger partial charge is 0.273 e. The van der Waals surface area contributed by atoms with Gasteiger partial charge in [-0.2, -0.15) is 0 Å². The van der Waals surface area contributed by atoms with Crippen LogP contribution in [0.2, 0.25) is 0 Å². The summed E-state index contributed by atoms with van der Waals surface area (Å²) in [5.41, 5.74) is 4.85. The summed E-state index contributed by atoms with van der Waals surface area (Å²) in [6.45, 7) is 3.95. The van der Waals surface area contributed by atoms with Crippen molar-refractivity contribution in [1.29, 1.82) is 0 Å². The smallest absolute Gasteiger partial charge is 0.247 e. The van der Waals surface area contributed by atoms with E-state index < -0.39 is 0 Å². The van der Waals surface area contributed by atoms with Crippen LogP contribution < -0.4 is 10.4 Å². The van der Waals surface area contributed by atoms with E-state index in [4.69, 9.17) is 0 Å². The minimum Gasteiger partial charge on any atom is -0.273 e. The second-order valence-corrected chi connectivity index (χ2v) is 5.54. The van der Waals surface area contributed by atoms with Crippen molar-refractivity contribution in [2.24, 2.45) is 0 Å². The Labute approximate surface area is 117 Å². The zero-order valence-electron chi connectivity index (χ0n) is 11.5. The molecule has 1 aliphatic heterocycles. The van der Waals surface area contributed by atoms with Gasteiger partial charge in [0.25, 0.3) is 0 Å². The second-order valence-electron chi connectivity index (χ2n) is 5.54. The lowest BCUT2D eigenvalue weighted by atomic mass is 10.0. The molecule has 1 N–H and O–H groups in total. The highest BCUT2D eigenvalue weighted by atomic mass is 16.2. The van der Waals surface area contributed by atoms with E-state index in [0.717, 1.165) is 11.1 Å². The molecule has 0 radical (unpaired) electrons. The van der Waals surface area contributed by atoms with Gasteiger partial charge in [0.15, 0.2) is 0 Å². The third kappa shape index (κ3) is 2.40. The van der Waals surface area contributed by atoms with Gasteiger partial charge in [0.2, 0.25) is 11.9 Å². The van der Waals surface area contributed by atoms with E-state index in [1.165, 1.54) is 5.01 Å². The molecule has 0 saturated carbocycles. The predicted octanol–water partition coefficient (Wildman–Crippen LogP) is 2.16. The van der Waals surface area contributed by atoms with E-state index in [1.807, 2.05) is 44.2 Å². The molecule has 1 aliphatic rings. The summed E-state index contributed by atoms with van der Waals surface area (Å²) in [7, 11) is 0. The summed E-state index contributed by atoms with van der Waals surface area (Å²) in [4.78, 5) is 20.5.